The largest absolute Gasteiger partial charge is 0.382 e. The van der Waals surface area contributed by atoms with Crippen LogP contribution in [0.2, 0.25) is 0 Å². The van der Waals surface area contributed by atoms with E-state index >= 15 is 0 Å². The Hall–Kier alpha value is -1.40. The van der Waals surface area contributed by atoms with Gasteiger partial charge in [0.15, 0.2) is 0 Å². The normalized spacial score (nSPS) is 22.9. The molecule has 1 saturated heterocycles. The van der Waals surface area contributed by atoms with Crippen molar-refractivity contribution in [1.82, 2.24) is 9.80 Å². The fraction of sp³-hybridized carbons (Fsp3) is 0.467. The first-order valence-electron chi connectivity index (χ1n) is 7.09. The second kappa shape index (κ2) is 6.15. The molecule has 3 rings (SSSR count). The number of carbonyl (C=O) groups is 1. The molecule has 1 aromatic rings. The van der Waals surface area contributed by atoms with E-state index in [0.717, 1.165) is 41.9 Å². The number of nitrogens with zero attached hydrogens (tertiary/aromatic N) is 3. The minimum absolute atomic E-state index is 0.0526. The van der Waals surface area contributed by atoms with Gasteiger partial charge >= 0.3 is 0 Å². The molecule has 0 aromatic heterocycles. The van der Waals surface area contributed by atoms with Gasteiger partial charge in [0.25, 0.3) is 5.91 Å². The highest BCUT2D eigenvalue weighted by Crippen LogP contribution is 2.21. The lowest BCUT2D eigenvalue weighted by molar-refractivity contribution is -0.143. The molecule has 0 spiro atoms. The van der Waals surface area contributed by atoms with Gasteiger partial charge in [-0.25, -0.2) is 0 Å². The van der Waals surface area contributed by atoms with Gasteiger partial charge in [-0.15, -0.1) is 0 Å². The maximum atomic E-state index is 12.5. The summed E-state index contributed by atoms with van der Waals surface area (Å²) in [5.74, 6) is 0.0526. The van der Waals surface area contributed by atoms with Crippen LogP contribution in [0.1, 0.15) is 12.0 Å². The molecular formula is C15H18BrN3O2. The summed E-state index contributed by atoms with van der Waals surface area (Å²) in [5.41, 5.74) is 1.84. The number of hydrogen-bond donors (Lipinski definition) is 0. The summed E-state index contributed by atoms with van der Waals surface area (Å²) in [6.07, 6.45) is 0.0733. The summed E-state index contributed by atoms with van der Waals surface area (Å²) in [7, 11) is 2.07. The van der Waals surface area contributed by atoms with Crippen LogP contribution in [0, 0.1) is 0 Å². The molecule has 1 aromatic carbocycles. The zero-order valence-electron chi connectivity index (χ0n) is 12.0. The lowest BCUT2D eigenvalue weighted by Crippen LogP contribution is -2.50. The van der Waals surface area contributed by atoms with Gasteiger partial charge in [-0.1, -0.05) is 33.2 Å². The molecule has 5 nitrogen and oxygen atoms in total. The average molecular weight is 352 g/mol. The fourth-order valence-electron chi connectivity index (χ4n) is 2.58. The topological polar surface area (TPSA) is 45.1 Å². The van der Waals surface area contributed by atoms with Crippen LogP contribution in [0.15, 0.2) is 33.9 Å². The smallest absolute Gasteiger partial charge is 0.266 e. The van der Waals surface area contributed by atoms with E-state index < -0.39 is 6.10 Å². The SMILES string of the molecule is CN1CCN(C(=O)[C@H]2CC(c3cccc(Br)c3)=NO2)CC1. The summed E-state index contributed by atoms with van der Waals surface area (Å²) in [5, 5.41) is 4.10. The molecule has 0 aliphatic carbocycles. The molecule has 112 valence electrons. The van der Waals surface area contributed by atoms with Gasteiger partial charge in [-0.2, -0.15) is 0 Å². The van der Waals surface area contributed by atoms with Crippen LogP contribution in [-0.4, -0.2) is 60.7 Å². The Morgan fingerprint density at radius 3 is 2.81 bits per heavy atom. The van der Waals surface area contributed by atoms with Crippen molar-refractivity contribution < 1.29 is 9.63 Å². The van der Waals surface area contributed by atoms with Gasteiger partial charge in [-0.3, -0.25) is 4.79 Å². The highest BCUT2D eigenvalue weighted by Gasteiger charge is 2.33. The van der Waals surface area contributed by atoms with Crippen molar-refractivity contribution in [2.75, 3.05) is 33.2 Å². The summed E-state index contributed by atoms with van der Waals surface area (Å²) in [6, 6.07) is 7.89. The number of oxime groups is 1. The van der Waals surface area contributed by atoms with Crippen LogP contribution < -0.4 is 0 Å². The van der Waals surface area contributed by atoms with E-state index in [1.807, 2.05) is 29.2 Å². The van der Waals surface area contributed by atoms with Crippen molar-refractivity contribution in [2.45, 2.75) is 12.5 Å². The highest BCUT2D eigenvalue weighted by atomic mass is 79.9. The molecule has 0 N–H and O–H groups in total. The van der Waals surface area contributed by atoms with Crippen molar-refractivity contribution in [3.8, 4) is 0 Å². The number of carbonyl (C=O) groups excluding carboxylic acids is 1. The molecule has 21 heavy (non-hydrogen) atoms. The second-order valence-corrected chi connectivity index (χ2v) is 6.39. The molecule has 0 radical (unpaired) electrons. The van der Waals surface area contributed by atoms with Gasteiger partial charge in [0.05, 0.1) is 5.71 Å². The predicted octanol–water partition coefficient (Wildman–Crippen LogP) is 1.72. The number of hydrogen-bond acceptors (Lipinski definition) is 4. The van der Waals surface area contributed by atoms with Crippen LogP contribution in [0.4, 0.5) is 0 Å². The Morgan fingerprint density at radius 2 is 2.10 bits per heavy atom. The van der Waals surface area contributed by atoms with Crippen LogP contribution in [0.25, 0.3) is 0 Å². The number of piperazine rings is 1. The molecule has 2 aliphatic rings. The first-order valence-corrected chi connectivity index (χ1v) is 7.89. The molecule has 0 saturated carbocycles. The van der Waals surface area contributed by atoms with E-state index in [-0.39, 0.29) is 5.91 Å². The molecule has 6 heteroatoms. The van der Waals surface area contributed by atoms with Crippen molar-refractivity contribution in [1.29, 1.82) is 0 Å². The third-order valence-electron chi connectivity index (χ3n) is 3.92. The Morgan fingerprint density at radius 1 is 1.33 bits per heavy atom. The third kappa shape index (κ3) is 3.27. The van der Waals surface area contributed by atoms with Crippen LogP contribution in [-0.2, 0) is 9.63 Å². The number of rotatable bonds is 2. The Bertz CT molecular complexity index is 568. The fourth-order valence-corrected chi connectivity index (χ4v) is 2.98. The predicted molar refractivity (Wildman–Crippen MR) is 84.2 cm³/mol. The zero-order valence-corrected chi connectivity index (χ0v) is 13.5. The van der Waals surface area contributed by atoms with E-state index in [0.29, 0.717) is 6.42 Å². The summed E-state index contributed by atoms with van der Waals surface area (Å²) in [4.78, 5) is 21.9. The summed E-state index contributed by atoms with van der Waals surface area (Å²) in [6.45, 7) is 3.36. The van der Waals surface area contributed by atoms with E-state index in [2.05, 4.69) is 33.0 Å². The average Bonchev–Trinajstić information content (AvgIpc) is 2.97. The number of benzene rings is 1. The Kier molecular flexibility index (Phi) is 4.26. The lowest BCUT2D eigenvalue weighted by Gasteiger charge is -2.33. The van der Waals surface area contributed by atoms with Crippen LogP contribution >= 0.6 is 15.9 Å². The molecular weight excluding hydrogens is 334 g/mol. The molecule has 2 aliphatic heterocycles. The minimum atomic E-state index is -0.470. The van der Waals surface area contributed by atoms with Crippen LogP contribution in [0.3, 0.4) is 0 Å². The highest BCUT2D eigenvalue weighted by molar-refractivity contribution is 9.10. The molecule has 1 fully saturated rings. The standard InChI is InChI=1S/C15H18BrN3O2/c1-18-5-7-19(8-6-18)15(20)14-10-13(17-21-14)11-3-2-4-12(16)9-11/h2-4,9,14H,5-8,10H2,1H3/t14-/m1/s1. The van der Waals surface area contributed by atoms with Crippen molar-refractivity contribution in [3.05, 3.63) is 34.3 Å². The summed E-state index contributed by atoms with van der Waals surface area (Å²) >= 11 is 3.45. The molecule has 0 bridgehead atoms. The maximum absolute atomic E-state index is 12.5. The quantitative estimate of drug-likeness (QED) is 0.814. The first kappa shape index (κ1) is 14.5. The van der Waals surface area contributed by atoms with Gasteiger partial charge in [0.1, 0.15) is 0 Å². The van der Waals surface area contributed by atoms with Gasteiger partial charge < -0.3 is 14.6 Å². The maximum Gasteiger partial charge on any atom is 0.266 e. The molecule has 1 amide bonds. The molecule has 2 heterocycles. The number of amides is 1. The van der Waals surface area contributed by atoms with Gasteiger partial charge in [0.2, 0.25) is 6.10 Å². The van der Waals surface area contributed by atoms with Gasteiger partial charge in [0, 0.05) is 42.6 Å². The van der Waals surface area contributed by atoms with E-state index in [9.17, 15) is 4.79 Å². The Labute approximate surface area is 132 Å². The van der Waals surface area contributed by atoms with Crippen LogP contribution in [0.5, 0.6) is 0 Å². The van der Waals surface area contributed by atoms with E-state index in [1.54, 1.807) is 0 Å². The molecule has 1 atom stereocenters. The number of likely N-dealkylation sites (N-methyl/N-ethyl adjacent to an activating group) is 1. The van der Waals surface area contributed by atoms with Gasteiger partial charge in [-0.05, 0) is 19.2 Å². The van der Waals surface area contributed by atoms with E-state index in [1.165, 1.54) is 0 Å². The van der Waals surface area contributed by atoms with Crippen molar-refractivity contribution in [3.63, 3.8) is 0 Å². The monoisotopic (exact) mass is 351 g/mol. The Balaban J connectivity index is 1.62. The molecule has 0 unspecified atom stereocenters. The first-order chi connectivity index (χ1) is 10.1. The zero-order chi connectivity index (χ0) is 14.8. The number of halogens is 1. The third-order valence-corrected chi connectivity index (χ3v) is 4.41. The van der Waals surface area contributed by atoms with E-state index in [4.69, 9.17) is 4.84 Å². The lowest BCUT2D eigenvalue weighted by atomic mass is 10.0. The second-order valence-electron chi connectivity index (χ2n) is 5.48. The van der Waals surface area contributed by atoms with Crippen molar-refractivity contribution >= 4 is 27.5 Å². The summed E-state index contributed by atoms with van der Waals surface area (Å²) < 4.78 is 0.997. The minimum Gasteiger partial charge on any atom is -0.382 e. The van der Waals surface area contributed by atoms with Crippen molar-refractivity contribution in [2.24, 2.45) is 5.16 Å².